The summed E-state index contributed by atoms with van der Waals surface area (Å²) in [7, 11) is 4.03. The highest BCUT2D eigenvalue weighted by atomic mass is 16.2. The zero-order valence-corrected chi connectivity index (χ0v) is 17.7. The van der Waals surface area contributed by atoms with Crippen LogP contribution in [0.25, 0.3) is 5.52 Å². The van der Waals surface area contributed by atoms with Gasteiger partial charge < -0.3 is 15.5 Å². The van der Waals surface area contributed by atoms with Gasteiger partial charge in [-0.05, 0) is 62.9 Å². The largest absolute Gasteiger partial charge is 0.355 e. The van der Waals surface area contributed by atoms with E-state index in [1.807, 2.05) is 38.5 Å². The molecule has 2 N–H and O–H groups in total. The third kappa shape index (κ3) is 3.64. The summed E-state index contributed by atoms with van der Waals surface area (Å²) in [5, 5.41) is 10.6. The fourth-order valence-corrected chi connectivity index (χ4v) is 4.60. The van der Waals surface area contributed by atoms with Crippen LogP contribution in [0.5, 0.6) is 0 Å². The van der Waals surface area contributed by atoms with Crippen LogP contribution in [0.2, 0.25) is 0 Å². The minimum absolute atomic E-state index is 0.0630. The quantitative estimate of drug-likeness (QED) is 0.748. The highest BCUT2D eigenvalue weighted by molar-refractivity contribution is 6.00. The van der Waals surface area contributed by atoms with Gasteiger partial charge in [0.15, 0.2) is 0 Å². The SMILES string of the molecule is CN(C)CC1(C(=O)NCC2CC(NC(=O)c3cccn4nccc34)C2(C)C)CC1. The first-order chi connectivity index (χ1) is 13.7. The van der Waals surface area contributed by atoms with Gasteiger partial charge in [0.2, 0.25) is 5.91 Å². The molecule has 156 valence electrons. The summed E-state index contributed by atoms with van der Waals surface area (Å²) >= 11 is 0. The van der Waals surface area contributed by atoms with Gasteiger partial charge in [-0.1, -0.05) is 13.8 Å². The number of nitrogens with one attached hydrogen (secondary N) is 2. The second-order valence-corrected chi connectivity index (χ2v) is 9.59. The van der Waals surface area contributed by atoms with Crippen molar-refractivity contribution >= 4 is 17.3 Å². The third-order valence-corrected chi connectivity index (χ3v) is 6.92. The van der Waals surface area contributed by atoms with E-state index < -0.39 is 0 Å². The van der Waals surface area contributed by atoms with Crippen molar-refractivity contribution in [2.24, 2.45) is 16.7 Å². The van der Waals surface area contributed by atoms with Gasteiger partial charge in [0.25, 0.3) is 5.91 Å². The number of nitrogens with zero attached hydrogens (tertiary/aromatic N) is 3. The van der Waals surface area contributed by atoms with E-state index in [0.717, 1.165) is 31.3 Å². The molecule has 2 saturated carbocycles. The van der Waals surface area contributed by atoms with Crippen LogP contribution in [-0.4, -0.2) is 59.6 Å². The summed E-state index contributed by atoms with van der Waals surface area (Å²) in [5.74, 6) is 0.471. The molecule has 0 radical (unpaired) electrons. The molecular weight excluding hydrogens is 366 g/mol. The number of amides is 2. The zero-order valence-electron chi connectivity index (χ0n) is 17.7. The molecule has 0 saturated heterocycles. The highest BCUT2D eigenvalue weighted by Gasteiger charge is 2.52. The van der Waals surface area contributed by atoms with Crippen molar-refractivity contribution < 1.29 is 9.59 Å². The molecule has 0 aliphatic heterocycles. The topological polar surface area (TPSA) is 78.7 Å². The Morgan fingerprint density at radius 1 is 1.28 bits per heavy atom. The molecule has 2 atom stereocenters. The van der Waals surface area contributed by atoms with Gasteiger partial charge in [-0.3, -0.25) is 9.59 Å². The maximum Gasteiger partial charge on any atom is 0.253 e. The molecule has 0 spiro atoms. The van der Waals surface area contributed by atoms with Gasteiger partial charge in [0.1, 0.15) is 0 Å². The lowest BCUT2D eigenvalue weighted by Gasteiger charge is -2.52. The van der Waals surface area contributed by atoms with E-state index in [4.69, 9.17) is 0 Å². The summed E-state index contributed by atoms with van der Waals surface area (Å²) in [6.45, 7) is 5.83. The fourth-order valence-electron chi connectivity index (χ4n) is 4.60. The molecule has 29 heavy (non-hydrogen) atoms. The Hall–Kier alpha value is -2.41. The Labute approximate surface area is 171 Å². The molecule has 7 heteroatoms. The van der Waals surface area contributed by atoms with E-state index in [-0.39, 0.29) is 28.7 Å². The van der Waals surface area contributed by atoms with Crippen LogP contribution in [0, 0.1) is 16.7 Å². The highest BCUT2D eigenvalue weighted by Crippen LogP contribution is 2.48. The van der Waals surface area contributed by atoms with Gasteiger partial charge >= 0.3 is 0 Å². The average molecular weight is 398 g/mol. The first-order valence-electron chi connectivity index (χ1n) is 10.4. The standard InChI is InChI=1S/C22H31N5O2/c1-21(2)15(13-23-20(29)22(8-9-22)14-26(3)4)12-18(21)25-19(28)16-6-5-11-27-17(16)7-10-24-27/h5-7,10-11,15,18H,8-9,12-14H2,1-4H3,(H,23,29)(H,25,28). The summed E-state index contributed by atoms with van der Waals surface area (Å²) in [6.07, 6.45) is 6.36. The lowest BCUT2D eigenvalue weighted by molar-refractivity contribution is -0.127. The van der Waals surface area contributed by atoms with E-state index in [0.29, 0.717) is 18.0 Å². The second-order valence-electron chi connectivity index (χ2n) is 9.59. The van der Waals surface area contributed by atoms with Crippen molar-refractivity contribution in [1.29, 1.82) is 0 Å². The molecule has 2 amide bonds. The van der Waals surface area contributed by atoms with Crippen molar-refractivity contribution in [3.05, 3.63) is 36.2 Å². The fraction of sp³-hybridized carbons (Fsp3) is 0.591. The molecule has 7 nitrogen and oxygen atoms in total. The maximum absolute atomic E-state index is 12.8. The monoisotopic (exact) mass is 397 g/mol. The number of rotatable bonds is 7. The van der Waals surface area contributed by atoms with E-state index in [1.165, 1.54) is 0 Å². The molecule has 2 aromatic heterocycles. The molecular formula is C22H31N5O2. The number of pyridine rings is 1. The summed E-state index contributed by atoms with van der Waals surface area (Å²) in [5.41, 5.74) is 1.19. The molecule has 2 aliphatic carbocycles. The van der Waals surface area contributed by atoms with Crippen LogP contribution in [0.15, 0.2) is 30.6 Å². The van der Waals surface area contributed by atoms with Crippen molar-refractivity contribution in [3.8, 4) is 0 Å². The van der Waals surface area contributed by atoms with Crippen LogP contribution in [0.1, 0.15) is 43.5 Å². The summed E-state index contributed by atoms with van der Waals surface area (Å²) < 4.78 is 1.71. The smallest absolute Gasteiger partial charge is 0.253 e. The van der Waals surface area contributed by atoms with Gasteiger partial charge in [0, 0.05) is 25.3 Å². The van der Waals surface area contributed by atoms with Crippen LogP contribution in [0.4, 0.5) is 0 Å². The number of hydrogen-bond donors (Lipinski definition) is 2. The Morgan fingerprint density at radius 3 is 2.69 bits per heavy atom. The predicted molar refractivity (Wildman–Crippen MR) is 112 cm³/mol. The number of hydrogen-bond acceptors (Lipinski definition) is 4. The van der Waals surface area contributed by atoms with Crippen molar-refractivity contribution in [2.75, 3.05) is 27.2 Å². The molecule has 2 aliphatic rings. The first-order valence-corrected chi connectivity index (χ1v) is 10.4. The normalized spacial score (nSPS) is 24.2. The Kier molecular flexibility index (Phi) is 4.89. The van der Waals surface area contributed by atoms with Crippen LogP contribution in [0.3, 0.4) is 0 Å². The number of carbonyl (C=O) groups is 2. The van der Waals surface area contributed by atoms with E-state index in [9.17, 15) is 9.59 Å². The molecule has 2 unspecified atom stereocenters. The predicted octanol–water partition coefficient (Wildman–Crippen LogP) is 1.94. The van der Waals surface area contributed by atoms with Gasteiger partial charge in [-0.25, -0.2) is 4.52 Å². The Morgan fingerprint density at radius 2 is 2.03 bits per heavy atom. The van der Waals surface area contributed by atoms with Crippen LogP contribution < -0.4 is 10.6 Å². The molecule has 0 aromatic carbocycles. The minimum atomic E-state index is -0.186. The van der Waals surface area contributed by atoms with Gasteiger partial charge in [-0.2, -0.15) is 5.10 Å². The summed E-state index contributed by atoms with van der Waals surface area (Å²) in [6, 6.07) is 5.60. The Balaban J connectivity index is 1.33. The zero-order chi connectivity index (χ0) is 20.8. The van der Waals surface area contributed by atoms with E-state index in [2.05, 4.69) is 34.5 Å². The second kappa shape index (κ2) is 7.13. The van der Waals surface area contributed by atoms with Crippen molar-refractivity contribution in [2.45, 2.75) is 39.2 Å². The number of fused-ring (bicyclic) bond motifs is 1. The lowest BCUT2D eigenvalue weighted by Crippen LogP contribution is -2.61. The maximum atomic E-state index is 12.8. The Bertz CT molecular complexity index is 928. The van der Waals surface area contributed by atoms with Gasteiger partial charge in [-0.15, -0.1) is 0 Å². The van der Waals surface area contributed by atoms with Crippen LogP contribution in [-0.2, 0) is 4.79 Å². The third-order valence-electron chi connectivity index (χ3n) is 6.92. The van der Waals surface area contributed by atoms with E-state index >= 15 is 0 Å². The minimum Gasteiger partial charge on any atom is -0.355 e. The van der Waals surface area contributed by atoms with Crippen molar-refractivity contribution in [3.63, 3.8) is 0 Å². The van der Waals surface area contributed by atoms with E-state index in [1.54, 1.807) is 10.7 Å². The summed E-state index contributed by atoms with van der Waals surface area (Å²) in [4.78, 5) is 27.6. The average Bonchev–Trinajstić information content (AvgIpc) is 3.27. The number of aromatic nitrogens is 2. The van der Waals surface area contributed by atoms with Crippen LogP contribution >= 0.6 is 0 Å². The van der Waals surface area contributed by atoms with Gasteiger partial charge in [0.05, 0.1) is 22.7 Å². The number of carbonyl (C=O) groups excluding carboxylic acids is 2. The molecule has 2 fully saturated rings. The van der Waals surface area contributed by atoms with Crippen molar-refractivity contribution in [1.82, 2.24) is 25.1 Å². The molecule has 2 heterocycles. The molecule has 2 aromatic rings. The first kappa shape index (κ1) is 19.9. The molecule has 4 rings (SSSR count). The molecule has 0 bridgehead atoms. The lowest BCUT2D eigenvalue weighted by atomic mass is 9.58.